The first-order valence-electron chi connectivity index (χ1n) is 10.4. The fourth-order valence-corrected chi connectivity index (χ4v) is 3.55. The van der Waals surface area contributed by atoms with Crippen LogP contribution in [-0.4, -0.2) is 32.2 Å². The van der Waals surface area contributed by atoms with Crippen LogP contribution in [0.25, 0.3) is 22.6 Å². The molecule has 2 heterocycles. The standard InChI is InChI=1S/C25H20N6O3/c1-34-20-13-9-17(10-14-20)24(32)27-18-11-7-16(8-12-18)21-15-30-23(22(26)28-21)29-31(25(30)33)19-5-3-2-4-6-19/h2-15H,1H3,(H2,26,28)(H,27,32). The Morgan fingerprint density at radius 3 is 2.35 bits per heavy atom. The van der Waals surface area contributed by atoms with Crippen LogP contribution in [-0.2, 0) is 0 Å². The Morgan fingerprint density at radius 2 is 1.68 bits per heavy atom. The highest BCUT2D eigenvalue weighted by Crippen LogP contribution is 2.22. The molecule has 5 rings (SSSR count). The molecule has 1 amide bonds. The van der Waals surface area contributed by atoms with Gasteiger partial charge in [0.15, 0.2) is 5.82 Å². The highest BCUT2D eigenvalue weighted by molar-refractivity contribution is 6.04. The molecule has 0 spiro atoms. The second kappa shape index (κ2) is 8.55. The zero-order valence-electron chi connectivity index (χ0n) is 18.2. The Kier molecular flexibility index (Phi) is 5.27. The number of rotatable bonds is 5. The van der Waals surface area contributed by atoms with Gasteiger partial charge in [0.2, 0.25) is 5.65 Å². The fourth-order valence-electron chi connectivity index (χ4n) is 3.55. The van der Waals surface area contributed by atoms with E-state index in [1.807, 2.05) is 18.2 Å². The second-order valence-electron chi connectivity index (χ2n) is 7.49. The zero-order valence-corrected chi connectivity index (χ0v) is 18.2. The molecule has 0 aliphatic heterocycles. The van der Waals surface area contributed by atoms with Crippen LogP contribution in [0.2, 0.25) is 0 Å². The number of ether oxygens (including phenoxy) is 1. The first-order chi connectivity index (χ1) is 16.5. The van der Waals surface area contributed by atoms with Crippen LogP contribution in [0.4, 0.5) is 11.5 Å². The lowest BCUT2D eigenvalue weighted by molar-refractivity contribution is 0.102. The molecule has 0 atom stereocenters. The largest absolute Gasteiger partial charge is 0.497 e. The van der Waals surface area contributed by atoms with Crippen LogP contribution < -0.4 is 21.5 Å². The summed E-state index contributed by atoms with van der Waals surface area (Å²) < 4.78 is 7.78. The van der Waals surface area contributed by atoms with Gasteiger partial charge in [-0.15, -0.1) is 5.10 Å². The van der Waals surface area contributed by atoms with Crippen molar-refractivity contribution in [1.29, 1.82) is 0 Å². The van der Waals surface area contributed by atoms with Gasteiger partial charge >= 0.3 is 5.69 Å². The molecule has 0 fully saturated rings. The van der Waals surface area contributed by atoms with Crippen molar-refractivity contribution in [1.82, 2.24) is 19.2 Å². The monoisotopic (exact) mass is 452 g/mol. The van der Waals surface area contributed by atoms with Gasteiger partial charge in [0.05, 0.1) is 18.5 Å². The number of anilines is 2. The van der Waals surface area contributed by atoms with E-state index in [0.29, 0.717) is 28.4 Å². The van der Waals surface area contributed by atoms with E-state index in [9.17, 15) is 9.59 Å². The number of hydrogen-bond donors (Lipinski definition) is 2. The number of hydrogen-bond acceptors (Lipinski definition) is 6. The molecule has 3 aromatic carbocycles. The number of nitrogen functional groups attached to an aromatic ring is 1. The minimum absolute atomic E-state index is 0.140. The van der Waals surface area contributed by atoms with E-state index in [-0.39, 0.29) is 23.1 Å². The number of benzene rings is 3. The van der Waals surface area contributed by atoms with E-state index in [4.69, 9.17) is 10.5 Å². The highest BCUT2D eigenvalue weighted by Gasteiger charge is 2.14. The van der Waals surface area contributed by atoms with E-state index in [0.717, 1.165) is 5.56 Å². The molecule has 2 aromatic heterocycles. The number of para-hydroxylation sites is 1. The van der Waals surface area contributed by atoms with Crippen LogP contribution in [0.5, 0.6) is 5.75 Å². The summed E-state index contributed by atoms with van der Waals surface area (Å²) in [5.74, 6) is 0.582. The van der Waals surface area contributed by atoms with Gasteiger partial charge in [-0.05, 0) is 48.5 Å². The summed E-state index contributed by atoms with van der Waals surface area (Å²) in [7, 11) is 1.57. The maximum absolute atomic E-state index is 12.9. The first-order valence-corrected chi connectivity index (χ1v) is 10.4. The molecule has 0 aliphatic carbocycles. The lowest BCUT2D eigenvalue weighted by Gasteiger charge is -2.08. The molecule has 0 bridgehead atoms. The Hall–Kier alpha value is -4.92. The molecule has 9 heteroatoms. The lowest BCUT2D eigenvalue weighted by atomic mass is 10.1. The van der Waals surface area contributed by atoms with E-state index in [1.165, 1.54) is 9.08 Å². The van der Waals surface area contributed by atoms with E-state index < -0.39 is 0 Å². The van der Waals surface area contributed by atoms with Crippen molar-refractivity contribution in [2.75, 3.05) is 18.2 Å². The lowest BCUT2D eigenvalue weighted by Crippen LogP contribution is -2.19. The predicted octanol–water partition coefficient (Wildman–Crippen LogP) is 3.39. The van der Waals surface area contributed by atoms with Crippen LogP contribution in [0.3, 0.4) is 0 Å². The van der Waals surface area contributed by atoms with Gasteiger partial charge in [-0.1, -0.05) is 30.3 Å². The first kappa shape index (κ1) is 21.0. The summed E-state index contributed by atoms with van der Waals surface area (Å²) in [6, 6.07) is 23.0. The average Bonchev–Trinajstić information content (AvgIpc) is 3.22. The van der Waals surface area contributed by atoms with E-state index in [2.05, 4.69) is 15.4 Å². The van der Waals surface area contributed by atoms with Crippen molar-refractivity contribution in [3.63, 3.8) is 0 Å². The summed E-state index contributed by atoms with van der Waals surface area (Å²) in [5.41, 5.74) is 9.06. The van der Waals surface area contributed by atoms with Gasteiger partial charge in [-0.3, -0.25) is 4.79 Å². The number of methoxy groups -OCH3 is 1. The van der Waals surface area contributed by atoms with Gasteiger partial charge in [-0.25, -0.2) is 14.2 Å². The van der Waals surface area contributed by atoms with Crippen molar-refractivity contribution in [3.05, 3.63) is 101 Å². The van der Waals surface area contributed by atoms with Crippen molar-refractivity contribution in [2.45, 2.75) is 0 Å². The maximum atomic E-state index is 12.9. The molecule has 0 saturated carbocycles. The molecule has 0 radical (unpaired) electrons. The van der Waals surface area contributed by atoms with Gasteiger partial charge in [0.25, 0.3) is 5.91 Å². The van der Waals surface area contributed by atoms with Crippen molar-refractivity contribution in [2.24, 2.45) is 0 Å². The van der Waals surface area contributed by atoms with Crippen LogP contribution in [0.1, 0.15) is 10.4 Å². The molecule has 168 valence electrons. The molecule has 0 saturated heterocycles. The Balaban J connectivity index is 1.42. The molecule has 3 N–H and O–H groups in total. The van der Waals surface area contributed by atoms with E-state index in [1.54, 1.807) is 74.0 Å². The van der Waals surface area contributed by atoms with Gasteiger partial charge in [0.1, 0.15) is 5.75 Å². The summed E-state index contributed by atoms with van der Waals surface area (Å²) in [5, 5.41) is 7.18. The van der Waals surface area contributed by atoms with Crippen molar-refractivity contribution in [3.8, 4) is 22.7 Å². The zero-order chi connectivity index (χ0) is 23.7. The Morgan fingerprint density at radius 1 is 0.971 bits per heavy atom. The van der Waals surface area contributed by atoms with Gasteiger partial charge in [0, 0.05) is 23.0 Å². The molecule has 0 unspecified atom stereocenters. The SMILES string of the molecule is COc1ccc(C(=O)Nc2ccc(-c3cn4c(=O)n(-c5ccccc5)nc4c(N)n3)cc2)cc1. The minimum atomic E-state index is -0.347. The third-order valence-corrected chi connectivity index (χ3v) is 5.32. The van der Waals surface area contributed by atoms with Crippen LogP contribution in [0, 0.1) is 0 Å². The van der Waals surface area contributed by atoms with Gasteiger partial charge in [-0.2, -0.15) is 4.68 Å². The molecule has 0 aliphatic rings. The predicted molar refractivity (Wildman–Crippen MR) is 129 cm³/mol. The Labute approximate surface area is 194 Å². The molecular weight excluding hydrogens is 432 g/mol. The molecule has 9 nitrogen and oxygen atoms in total. The summed E-state index contributed by atoms with van der Waals surface area (Å²) in [6.45, 7) is 0. The number of amides is 1. The Bertz CT molecular complexity index is 1540. The van der Waals surface area contributed by atoms with Crippen LogP contribution in [0.15, 0.2) is 89.9 Å². The topological polar surface area (TPSA) is 117 Å². The van der Waals surface area contributed by atoms with Crippen LogP contribution >= 0.6 is 0 Å². The number of carbonyl (C=O) groups is 1. The number of nitrogens with zero attached hydrogens (tertiary/aromatic N) is 4. The number of carbonyl (C=O) groups excluding carboxylic acids is 1. The second-order valence-corrected chi connectivity index (χ2v) is 7.49. The third-order valence-electron chi connectivity index (χ3n) is 5.32. The number of aromatic nitrogens is 4. The summed E-state index contributed by atoms with van der Waals surface area (Å²) in [6.07, 6.45) is 1.60. The minimum Gasteiger partial charge on any atom is -0.497 e. The quantitative estimate of drug-likeness (QED) is 0.422. The normalized spacial score (nSPS) is 10.9. The summed E-state index contributed by atoms with van der Waals surface area (Å²) >= 11 is 0. The molecule has 34 heavy (non-hydrogen) atoms. The highest BCUT2D eigenvalue weighted by atomic mass is 16.5. The van der Waals surface area contributed by atoms with E-state index >= 15 is 0 Å². The third kappa shape index (κ3) is 3.86. The average molecular weight is 452 g/mol. The maximum Gasteiger partial charge on any atom is 0.355 e. The number of nitrogens with two attached hydrogens (primary N) is 1. The smallest absolute Gasteiger partial charge is 0.355 e. The molecular formula is C25H20N6O3. The molecule has 5 aromatic rings. The van der Waals surface area contributed by atoms with Crippen molar-refractivity contribution < 1.29 is 9.53 Å². The van der Waals surface area contributed by atoms with Crippen molar-refractivity contribution >= 4 is 23.1 Å². The number of fused-ring (bicyclic) bond motifs is 1. The summed E-state index contributed by atoms with van der Waals surface area (Å²) in [4.78, 5) is 29.8. The fraction of sp³-hybridized carbons (Fsp3) is 0.0400. The van der Waals surface area contributed by atoms with Gasteiger partial charge < -0.3 is 15.8 Å². The number of nitrogens with one attached hydrogen (secondary N) is 1.